The van der Waals surface area contributed by atoms with Gasteiger partial charge in [0.05, 0.1) is 10.5 Å². The number of pyridine rings is 1. The van der Waals surface area contributed by atoms with Crippen LogP contribution >= 0.6 is 15.9 Å². The van der Waals surface area contributed by atoms with Crippen LogP contribution in [0.2, 0.25) is 0 Å². The number of carbonyl (C=O) groups excluding carboxylic acids is 1. The molecule has 88 valence electrons. The van der Waals surface area contributed by atoms with Crippen molar-refractivity contribution in [2.24, 2.45) is 5.73 Å². The minimum atomic E-state index is -0.464. The quantitative estimate of drug-likeness (QED) is 0.872. The van der Waals surface area contributed by atoms with Gasteiger partial charge in [-0.05, 0) is 34.5 Å². The first-order chi connectivity index (χ1) is 7.65. The summed E-state index contributed by atoms with van der Waals surface area (Å²) in [6, 6.07) is 3.14. The molecule has 0 radical (unpaired) electrons. The molecule has 0 fully saturated rings. The van der Waals surface area contributed by atoms with Crippen LogP contribution in [0.5, 0.6) is 0 Å². The first-order valence-corrected chi connectivity index (χ1v) is 6.11. The molecule has 1 aromatic rings. The Labute approximate surface area is 104 Å². The van der Waals surface area contributed by atoms with Crippen molar-refractivity contribution in [1.29, 1.82) is 0 Å². The van der Waals surface area contributed by atoms with Crippen molar-refractivity contribution in [2.75, 3.05) is 5.32 Å². The van der Waals surface area contributed by atoms with Gasteiger partial charge in [-0.3, -0.25) is 4.79 Å². The first kappa shape index (κ1) is 13.1. The predicted molar refractivity (Wildman–Crippen MR) is 68.1 cm³/mol. The molecule has 1 atom stereocenters. The third-order valence-corrected chi connectivity index (χ3v) is 2.85. The molecule has 0 aliphatic heterocycles. The standard InChI is InChI=1S/C11H16BrN3O/c1-2-3-6-9(13)11(16)15-10-8(12)5-4-7-14-10/h4-5,7,9H,2-3,6,13H2,1H3,(H,14,15,16)/t9-/m0/s1. The topological polar surface area (TPSA) is 68.0 Å². The summed E-state index contributed by atoms with van der Waals surface area (Å²) in [4.78, 5) is 15.7. The van der Waals surface area contributed by atoms with Gasteiger partial charge in [0, 0.05) is 6.20 Å². The van der Waals surface area contributed by atoms with Gasteiger partial charge in [-0.25, -0.2) is 4.98 Å². The molecular weight excluding hydrogens is 270 g/mol. The van der Waals surface area contributed by atoms with Gasteiger partial charge >= 0.3 is 0 Å². The average molecular weight is 286 g/mol. The Morgan fingerprint density at radius 2 is 2.44 bits per heavy atom. The summed E-state index contributed by atoms with van der Waals surface area (Å²) < 4.78 is 0.756. The molecule has 0 spiro atoms. The highest BCUT2D eigenvalue weighted by molar-refractivity contribution is 9.10. The number of carbonyl (C=O) groups is 1. The summed E-state index contributed by atoms with van der Waals surface area (Å²) >= 11 is 3.31. The average Bonchev–Trinajstić information content (AvgIpc) is 2.28. The Kier molecular flexibility index (Phi) is 5.42. The number of halogens is 1. The lowest BCUT2D eigenvalue weighted by atomic mass is 10.1. The monoisotopic (exact) mass is 285 g/mol. The molecule has 3 N–H and O–H groups in total. The van der Waals surface area contributed by atoms with E-state index in [-0.39, 0.29) is 5.91 Å². The van der Waals surface area contributed by atoms with Gasteiger partial charge < -0.3 is 11.1 Å². The van der Waals surface area contributed by atoms with Crippen LogP contribution in [0.1, 0.15) is 26.2 Å². The predicted octanol–water partition coefficient (Wildman–Crippen LogP) is 2.30. The van der Waals surface area contributed by atoms with Crippen LogP contribution < -0.4 is 11.1 Å². The minimum Gasteiger partial charge on any atom is -0.320 e. The Morgan fingerprint density at radius 1 is 1.69 bits per heavy atom. The second-order valence-corrected chi connectivity index (χ2v) is 4.43. The summed E-state index contributed by atoms with van der Waals surface area (Å²) in [5.74, 6) is 0.326. The van der Waals surface area contributed by atoms with Gasteiger partial charge in [-0.15, -0.1) is 0 Å². The second kappa shape index (κ2) is 6.60. The largest absolute Gasteiger partial charge is 0.320 e. The summed E-state index contributed by atoms with van der Waals surface area (Å²) in [7, 11) is 0. The fourth-order valence-corrected chi connectivity index (χ4v) is 1.60. The van der Waals surface area contributed by atoms with E-state index in [1.54, 1.807) is 12.3 Å². The van der Waals surface area contributed by atoms with Crippen molar-refractivity contribution < 1.29 is 4.79 Å². The van der Waals surface area contributed by atoms with Gasteiger partial charge in [0.15, 0.2) is 0 Å². The van der Waals surface area contributed by atoms with E-state index >= 15 is 0 Å². The molecule has 0 unspecified atom stereocenters. The van der Waals surface area contributed by atoms with E-state index in [1.165, 1.54) is 0 Å². The fourth-order valence-electron chi connectivity index (χ4n) is 1.24. The van der Waals surface area contributed by atoms with Gasteiger partial charge in [0.25, 0.3) is 0 Å². The van der Waals surface area contributed by atoms with Crippen LogP contribution in [-0.4, -0.2) is 16.9 Å². The number of rotatable bonds is 5. The molecule has 1 aromatic heterocycles. The molecule has 0 aliphatic carbocycles. The van der Waals surface area contributed by atoms with Gasteiger partial charge in [-0.1, -0.05) is 19.8 Å². The van der Waals surface area contributed by atoms with E-state index in [0.717, 1.165) is 17.3 Å². The molecule has 0 bridgehead atoms. The zero-order chi connectivity index (χ0) is 12.0. The van der Waals surface area contributed by atoms with Crippen LogP contribution in [0.25, 0.3) is 0 Å². The molecular formula is C11H16BrN3O. The lowest BCUT2D eigenvalue weighted by molar-refractivity contribution is -0.117. The molecule has 0 aromatic carbocycles. The molecule has 0 saturated carbocycles. The molecule has 0 saturated heterocycles. The summed E-state index contributed by atoms with van der Waals surface area (Å²) in [5.41, 5.74) is 5.75. The third-order valence-electron chi connectivity index (χ3n) is 2.21. The Hall–Kier alpha value is -0.940. The number of nitrogens with zero attached hydrogens (tertiary/aromatic N) is 1. The van der Waals surface area contributed by atoms with E-state index in [9.17, 15) is 4.79 Å². The Bertz CT molecular complexity index is 357. The number of hydrogen-bond acceptors (Lipinski definition) is 3. The van der Waals surface area contributed by atoms with Crippen LogP contribution in [-0.2, 0) is 4.79 Å². The van der Waals surface area contributed by atoms with E-state index < -0.39 is 6.04 Å². The number of nitrogens with two attached hydrogens (primary N) is 1. The van der Waals surface area contributed by atoms with Crippen LogP contribution in [0.3, 0.4) is 0 Å². The minimum absolute atomic E-state index is 0.187. The Balaban J connectivity index is 2.54. The van der Waals surface area contributed by atoms with Crippen molar-refractivity contribution in [3.8, 4) is 0 Å². The van der Waals surface area contributed by atoms with Crippen LogP contribution in [0.4, 0.5) is 5.82 Å². The highest BCUT2D eigenvalue weighted by atomic mass is 79.9. The highest BCUT2D eigenvalue weighted by Gasteiger charge is 2.14. The van der Waals surface area contributed by atoms with E-state index in [1.807, 2.05) is 6.07 Å². The van der Waals surface area contributed by atoms with Gasteiger partial charge in [0.2, 0.25) is 5.91 Å². The summed E-state index contributed by atoms with van der Waals surface area (Å²) in [6.07, 6.45) is 4.32. The molecule has 1 rings (SSSR count). The number of anilines is 1. The number of nitrogens with one attached hydrogen (secondary N) is 1. The maximum absolute atomic E-state index is 11.7. The SMILES string of the molecule is CCCC[C@H](N)C(=O)Nc1ncccc1Br. The molecule has 1 amide bonds. The van der Waals surface area contributed by atoms with Gasteiger partial charge in [0.1, 0.15) is 5.82 Å². The molecule has 5 heteroatoms. The summed E-state index contributed by atoms with van der Waals surface area (Å²) in [5, 5.41) is 2.70. The van der Waals surface area contributed by atoms with Crippen molar-refractivity contribution in [3.63, 3.8) is 0 Å². The maximum Gasteiger partial charge on any atom is 0.242 e. The third kappa shape index (κ3) is 3.90. The number of unbranched alkanes of at least 4 members (excludes halogenated alkanes) is 1. The molecule has 1 heterocycles. The maximum atomic E-state index is 11.7. The molecule has 16 heavy (non-hydrogen) atoms. The normalized spacial score (nSPS) is 12.2. The van der Waals surface area contributed by atoms with Crippen LogP contribution in [0, 0.1) is 0 Å². The van der Waals surface area contributed by atoms with E-state index in [0.29, 0.717) is 12.2 Å². The number of amides is 1. The number of hydrogen-bond donors (Lipinski definition) is 2. The van der Waals surface area contributed by atoms with Crippen molar-refractivity contribution in [3.05, 3.63) is 22.8 Å². The lowest BCUT2D eigenvalue weighted by Crippen LogP contribution is -2.35. The van der Waals surface area contributed by atoms with Crippen molar-refractivity contribution >= 4 is 27.7 Å². The van der Waals surface area contributed by atoms with E-state index in [4.69, 9.17) is 5.73 Å². The lowest BCUT2D eigenvalue weighted by Gasteiger charge is -2.11. The zero-order valence-electron chi connectivity index (χ0n) is 9.24. The Morgan fingerprint density at radius 3 is 3.06 bits per heavy atom. The number of aromatic nitrogens is 1. The van der Waals surface area contributed by atoms with Gasteiger partial charge in [-0.2, -0.15) is 0 Å². The van der Waals surface area contributed by atoms with Crippen molar-refractivity contribution in [2.45, 2.75) is 32.2 Å². The zero-order valence-corrected chi connectivity index (χ0v) is 10.8. The smallest absolute Gasteiger partial charge is 0.242 e. The second-order valence-electron chi connectivity index (χ2n) is 3.57. The van der Waals surface area contributed by atoms with E-state index in [2.05, 4.69) is 33.2 Å². The molecule has 0 aliphatic rings. The summed E-state index contributed by atoms with van der Waals surface area (Å²) in [6.45, 7) is 2.07. The van der Waals surface area contributed by atoms with Crippen LogP contribution in [0.15, 0.2) is 22.8 Å². The van der Waals surface area contributed by atoms with Crippen molar-refractivity contribution in [1.82, 2.24) is 4.98 Å². The first-order valence-electron chi connectivity index (χ1n) is 5.32. The fraction of sp³-hybridized carbons (Fsp3) is 0.455. The highest BCUT2D eigenvalue weighted by Crippen LogP contribution is 2.18. The molecule has 4 nitrogen and oxygen atoms in total.